The van der Waals surface area contributed by atoms with Gasteiger partial charge in [-0.15, -0.1) is 0 Å². The second-order valence-corrected chi connectivity index (χ2v) is 14.3. The molecule has 0 radical (unpaired) electrons. The van der Waals surface area contributed by atoms with Crippen molar-refractivity contribution in [1.82, 2.24) is 0 Å². The van der Waals surface area contributed by atoms with Crippen LogP contribution in [0, 0.1) is 32.5 Å². The maximum Gasteiger partial charge on any atom is 0.231 e. The van der Waals surface area contributed by atoms with E-state index in [9.17, 15) is 19.2 Å². The first-order valence-electron chi connectivity index (χ1n) is 14.5. The summed E-state index contributed by atoms with van der Waals surface area (Å²) >= 11 is 0. The van der Waals surface area contributed by atoms with Crippen LogP contribution in [0.2, 0.25) is 0 Å². The lowest BCUT2D eigenvalue weighted by molar-refractivity contribution is -0.131. The molecule has 2 amide bonds. The number of hydrogen-bond donors (Lipinski definition) is 2. The van der Waals surface area contributed by atoms with Gasteiger partial charge in [0.2, 0.25) is 11.8 Å². The molecule has 210 valence electrons. The van der Waals surface area contributed by atoms with Crippen LogP contribution < -0.4 is 10.6 Å². The van der Waals surface area contributed by atoms with Crippen molar-refractivity contribution in [3.63, 3.8) is 0 Å². The zero-order valence-corrected chi connectivity index (χ0v) is 24.5. The highest BCUT2D eigenvalue weighted by Gasteiger charge is 2.73. The number of benzene rings is 2. The van der Waals surface area contributed by atoms with E-state index in [1.165, 1.54) is 0 Å². The van der Waals surface area contributed by atoms with Gasteiger partial charge in [0.05, 0.1) is 10.8 Å². The van der Waals surface area contributed by atoms with E-state index in [1.54, 1.807) is 0 Å². The molecule has 2 aromatic carbocycles. The van der Waals surface area contributed by atoms with E-state index in [2.05, 4.69) is 38.3 Å². The molecule has 4 aliphatic rings. The average molecular weight is 541 g/mol. The first-order chi connectivity index (χ1) is 18.6. The van der Waals surface area contributed by atoms with Gasteiger partial charge >= 0.3 is 0 Å². The molecule has 2 aromatic rings. The monoisotopic (exact) mass is 540 g/mol. The molecule has 0 heterocycles. The van der Waals surface area contributed by atoms with Gasteiger partial charge in [0, 0.05) is 35.0 Å². The topological polar surface area (TPSA) is 92.3 Å². The third kappa shape index (κ3) is 3.11. The average Bonchev–Trinajstić information content (AvgIpc) is 3.38. The third-order valence-electron chi connectivity index (χ3n) is 12.9. The second kappa shape index (κ2) is 8.14. The molecule has 4 fully saturated rings. The van der Waals surface area contributed by atoms with Crippen LogP contribution in [0.15, 0.2) is 48.5 Å². The molecular formula is C34H40N2O4. The zero-order valence-electron chi connectivity index (χ0n) is 24.5. The lowest BCUT2D eigenvalue weighted by Crippen LogP contribution is -2.43. The van der Waals surface area contributed by atoms with E-state index in [0.717, 1.165) is 36.8 Å². The molecule has 4 aliphatic carbocycles. The van der Waals surface area contributed by atoms with Crippen molar-refractivity contribution in [3.8, 4) is 11.1 Å². The van der Waals surface area contributed by atoms with Gasteiger partial charge in [-0.1, -0.05) is 65.8 Å². The molecule has 0 aliphatic heterocycles. The number of rotatable bonds is 5. The molecule has 6 nitrogen and oxygen atoms in total. The number of anilines is 2. The number of carbonyl (C=O) groups is 4. The molecule has 40 heavy (non-hydrogen) atoms. The predicted molar refractivity (Wildman–Crippen MR) is 155 cm³/mol. The molecule has 4 bridgehead atoms. The van der Waals surface area contributed by atoms with E-state index in [0.29, 0.717) is 24.2 Å². The van der Waals surface area contributed by atoms with Gasteiger partial charge in [0.15, 0.2) is 0 Å². The Kier molecular flexibility index (Phi) is 5.48. The first kappa shape index (κ1) is 26.9. The number of ketones is 2. The van der Waals surface area contributed by atoms with Gasteiger partial charge in [0.25, 0.3) is 0 Å². The summed E-state index contributed by atoms with van der Waals surface area (Å²) in [6.07, 6.45) is 3.64. The highest BCUT2D eigenvalue weighted by atomic mass is 16.2. The number of hydrogen-bond acceptors (Lipinski definition) is 4. The third-order valence-corrected chi connectivity index (χ3v) is 12.9. The molecule has 4 saturated carbocycles. The normalized spacial score (nSPS) is 34.8. The number of amides is 2. The Balaban J connectivity index is 1.13. The van der Waals surface area contributed by atoms with E-state index in [1.807, 2.05) is 62.4 Å². The van der Waals surface area contributed by atoms with Crippen LogP contribution in [0.25, 0.3) is 11.1 Å². The maximum atomic E-state index is 13.5. The molecule has 4 atom stereocenters. The van der Waals surface area contributed by atoms with E-state index in [4.69, 9.17) is 0 Å². The summed E-state index contributed by atoms with van der Waals surface area (Å²) in [5, 5.41) is 6.19. The molecule has 6 heteroatoms. The van der Waals surface area contributed by atoms with Gasteiger partial charge in [-0.25, -0.2) is 0 Å². The van der Waals surface area contributed by atoms with Crippen molar-refractivity contribution in [3.05, 3.63) is 48.5 Å². The fourth-order valence-electron chi connectivity index (χ4n) is 8.71. The van der Waals surface area contributed by atoms with Crippen molar-refractivity contribution < 1.29 is 19.2 Å². The van der Waals surface area contributed by atoms with Crippen LogP contribution in [-0.2, 0) is 19.2 Å². The minimum Gasteiger partial charge on any atom is -0.326 e. The highest BCUT2D eigenvalue weighted by Crippen LogP contribution is 2.71. The van der Waals surface area contributed by atoms with Gasteiger partial charge in [-0.3, -0.25) is 19.2 Å². The predicted octanol–water partition coefficient (Wildman–Crippen LogP) is 6.80. The van der Waals surface area contributed by atoms with Crippen LogP contribution in [0.4, 0.5) is 11.4 Å². The van der Waals surface area contributed by atoms with E-state index >= 15 is 0 Å². The summed E-state index contributed by atoms with van der Waals surface area (Å²) in [4.78, 5) is 52.5. The molecule has 6 rings (SSSR count). The highest BCUT2D eigenvalue weighted by molar-refractivity contribution is 6.05. The molecule has 0 spiro atoms. The molecule has 2 N–H and O–H groups in total. The van der Waals surface area contributed by atoms with Crippen LogP contribution >= 0.6 is 0 Å². The molecule has 0 unspecified atom stereocenters. The largest absolute Gasteiger partial charge is 0.326 e. The Morgan fingerprint density at radius 3 is 1.12 bits per heavy atom. The first-order valence-corrected chi connectivity index (χ1v) is 14.5. The quantitative estimate of drug-likeness (QED) is 0.436. The summed E-state index contributed by atoms with van der Waals surface area (Å²) in [5.74, 6) is 0.287. The number of carbonyl (C=O) groups excluding carboxylic acids is 4. The van der Waals surface area contributed by atoms with Crippen molar-refractivity contribution in [1.29, 1.82) is 0 Å². The van der Waals surface area contributed by atoms with Crippen molar-refractivity contribution in [2.45, 2.75) is 80.1 Å². The van der Waals surface area contributed by atoms with Gasteiger partial charge < -0.3 is 10.6 Å². The smallest absolute Gasteiger partial charge is 0.231 e. The Bertz CT molecular complexity index is 1340. The maximum absolute atomic E-state index is 13.5. The minimum atomic E-state index is -0.657. The van der Waals surface area contributed by atoms with Gasteiger partial charge in [-0.05, 0) is 71.9 Å². The number of fused-ring (bicyclic) bond motifs is 4. The zero-order chi connectivity index (χ0) is 28.9. The number of nitrogens with one attached hydrogen (secondary N) is 2. The van der Waals surface area contributed by atoms with Gasteiger partial charge in [-0.2, -0.15) is 0 Å². The minimum absolute atomic E-state index is 0.0610. The van der Waals surface area contributed by atoms with Crippen LogP contribution in [0.3, 0.4) is 0 Å². The Hall–Kier alpha value is -3.28. The summed E-state index contributed by atoms with van der Waals surface area (Å²) in [7, 11) is 0. The van der Waals surface area contributed by atoms with Gasteiger partial charge in [0.1, 0.15) is 11.6 Å². The standard InChI is InChI=1S/C34H40N2O4/c1-29(2)31(5)15-17-33(29,19-25(31)37)27(39)35-23-11-7-21(8-12-23)22-9-13-24(14-10-22)36-28(40)34-18-16-32(6,26(38)20-34)30(34,3)4/h7-14H,15-20H2,1-6H3,(H,35,39)(H,36,40)/t31-,32-,33-,34+/m1/s1. The molecule has 0 aromatic heterocycles. The summed E-state index contributed by atoms with van der Waals surface area (Å²) in [6, 6.07) is 15.5. The van der Waals surface area contributed by atoms with Crippen LogP contribution in [0.5, 0.6) is 0 Å². The van der Waals surface area contributed by atoms with E-state index < -0.39 is 21.7 Å². The summed E-state index contributed by atoms with van der Waals surface area (Å²) in [6.45, 7) is 12.3. The molecular weight excluding hydrogens is 500 g/mol. The lowest BCUT2D eigenvalue weighted by atomic mass is 9.64. The summed E-state index contributed by atoms with van der Waals surface area (Å²) < 4.78 is 0. The lowest BCUT2D eigenvalue weighted by Gasteiger charge is -2.38. The van der Waals surface area contributed by atoms with Crippen molar-refractivity contribution >= 4 is 34.8 Å². The Morgan fingerprint density at radius 1 is 0.550 bits per heavy atom. The van der Waals surface area contributed by atoms with Crippen LogP contribution in [0.1, 0.15) is 80.1 Å². The fraction of sp³-hybridized carbons (Fsp3) is 0.529. The van der Waals surface area contributed by atoms with Crippen molar-refractivity contribution in [2.24, 2.45) is 32.5 Å². The second-order valence-electron chi connectivity index (χ2n) is 14.3. The van der Waals surface area contributed by atoms with E-state index in [-0.39, 0.29) is 34.2 Å². The summed E-state index contributed by atoms with van der Waals surface area (Å²) in [5.41, 5.74) is 0.489. The molecule has 0 saturated heterocycles. The Morgan fingerprint density at radius 2 is 0.875 bits per heavy atom. The fourth-order valence-corrected chi connectivity index (χ4v) is 8.71. The van der Waals surface area contributed by atoms with Crippen molar-refractivity contribution in [2.75, 3.05) is 10.6 Å². The number of Topliss-reactive ketones (excluding diaryl/α,β-unsaturated/α-hetero) is 2. The van der Waals surface area contributed by atoms with Crippen LogP contribution in [-0.4, -0.2) is 23.4 Å². The SMILES string of the molecule is CC1(C)[C@@]2(C(=O)Nc3ccc(-c4ccc(NC(=O)[C@@]56CC[C@](C)(C(=O)C5)C6(C)C)cc4)cc3)CC[C@]1(C)C(=O)C2. The Labute approximate surface area is 236 Å².